The van der Waals surface area contributed by atoms with Crippen LogP contribution in [0.1, 0.15) is 20.3 Å². The lowest BCUT2D eigenvalue weighted by Crippen LogP contribution is -2.45. The summed E-state index contributed by atoms with van der Waals surface area (Å²) in [5, 5.41) is 5.85. The van der Waals surface area contributed by atoms with Crippen LogP contribution < -0.4 is 10.6 Å². The van der Waals surface area contributed by atoms with Gasteiger partial charge in [-0.05, 0) is 39.3 Å². The zero-order valence-corrected chi connectivity index (χ0v) is 9.17. The molecular weight excluding hydrogens is 194 g/mol. The van der Waals surface area contributed by atoms with E-state index < -0.39 is 5.54 Å². The Hall–Kier alpha value is -1.10. The first-order valence-electron chi connectivity index (χ1n) is 5.35. The second-order valence-corrected chi connectivity index (χ2v) is 4.82. The van der Waals surface area contributed by atoms with E-state index in [1.165, 1.54) is 4.90 Å². The average Bonchev–Trinajstić information content (AvgIpc) is 2.24. The molecule has 0 saturated carbocycles. The molecule has 0 spiro atoms. The number of nitrogens with zero attached hydrogens (tertiary/aromatic N) is 1. The lowest BCUT2D eigenvalue weighted by atomic mass is 9.99. The van der Waals surface area contributed by atoms with Gasteiger partial charge in [0, 0.05) is 6.54 Å². The third-order valence-electron chi connectivity index (χ3n) is 3.07. The van der Waals surface area contributed by atoms with Crippen molar-refractivity contribution in [1.29, 1.82) is 0 Å². The standard InChI is InChI=1S/C10H17N3O2/c1-10(2)8(14)13(9(15)12-10)4-3-7-5-11-6-7/h7,11H,3-6H2,1-2H3,(H,12,15). The predicted octanol–water partition coefficient (Wildman–Crippen LogP) is -0.0737. The van der Waals surface area contributed by atoms with Crippen LogP contribution in [0.15, 0.2) is 0 Å². The number of hydrogen-bond acceptors (Lipinski definition) is 3. The molecule has 2 saturated heterocycles. The number of carbonyl (C=O) groups excluding carboxylic acids is 2. The number of urea groups is 1. The molecule has 0 bridgehead atoms. The van der Waals surface area contributed by atoms with Crippen molar-refractivity contribution in [3.05, 3.63) is 0 Å². The summed E-state index contributed by atoms with van der Waals surface area (Å²) in [5.74, 6) is 0.508. The highest BCUT2D eigenvalue weighted by atomic mass is 16.2. The molecule has 0 radical (unpaired) electrons. The molecule has 0 aromatic rings. The van der Waals surface area contributed by atoms with E-state index in [0.717, 1.165) is 19.5 Å². The molecule has 2 fully saturated rings. The van der Waals surface area contributed by atoms with Crippen molar-refractivity contribution in [3.8, 4) is 0 Å². The maximum Gasteiger partial charge on any atom is 0.325 e. The predicted molar refractivity (Wildman–Crippen MR) is 55.3 cm³/mol. The van der Waals surface area contributed by atoms with Gasteiger partial charge in [0.2, 0.25) is 0 Å². The number of carbonyl (C=O) groups is 2. The third-order valence-corrected chi connectivity index (χ3v) is 3.07. The molecule has 3 amide bonds. The fourth-order valence-corrected chi connectivity index (χ4v) is 1.89. The summed E-state index contributed by atoms with van der Waals surface area (Å²) >= 11 is 0. The molecule has 15 heavy (non-hydrogen) atoms. The number of imide groups is 1. The third kappa shape index (κ3) is 1.84. The lowest BCUT2D eigenvalue weighted by molar-refractivity contribution is -0.130. The minimum atomic E-state index is -0.727. The maximum absolute atomic E-state index is 11.8. The van der Waals surface area contributed by atoms with Crippen LogP contribution in [0.4, 0.5) is 4.79 Å². The molecule has 2 N–H and O–H groups in total. The van der Waals surface area contributed by atoms with Crippen molar-refractivity contribution in [2.45, 2.75) is 25.8 Å². The molecule has 2 aliphatic rings. The molecule has 2 aliphatic heterocycles. The fourth-order valence-electron chi connectivity index (χ4n) is 1.89. The van der Waals surface area contributed by atoms with Crippen LogP contribution in [0, 0.1) is 5.92 Å². The van der Waals surface area contributed by atoms with Crippen LogP contribution >= 0.6 is 0 Å². The summed E-state index contributed by atoms with van der Waals surface area (Å²) in [6.45, 7) is 6.02. The van der Waals surface area contributed by atoms with Gasteiger partial charge < -0.3 is 10.6 Å². The van der Waals surface area contributed by atoms with Gasteiger partial charge in [0.05, 0.1) is 0 Å². The molecule has 0 aromatic heterocycles. The van der Waals surface area contributed by atoms with Crippen LogP contribution in [0.5, 0.6) is 0 Å². The Morgan fingerprint density at radius 2 is 2.07 bits per heavy atom. The minimum absolute atomic E-state index is 0.111. The molecule has 2 heterocycles. The van der Waals surface area contributed by atoms with Crippen LogP contribution in [0.3, 0.4) is 0 Å². The Bertz CT molecular complexity index is 297. The largest absolute Gasteiger partial charge is 0.325 e. The quantitative estimate of drug-likeness (QED) is 0.642. The van der Waals surface area contributed by atoms with Gasteiger partial charge in [-0.2, -0.15) is 0 Å². The van der Waals surface area contributed by atoms with Crippen molar-refractivity contribution in [2.75, 3.05) is 19.6 Å². The van der Waals surface area contributed by atoms with E-state index in [4.69, 9.17) is 0 Å². The first kappa shape index (κ1) is 10.4. The molecular formula is C10H17N3O2. The molecule has 0 aromatic carbocycles. The van der Waals surface area contributed by atoms with Crippen LogP contribution in [0.2, 0.25) is 0 Å². The second-order valence-electron chi connectivity index (χ2n) is 4.82. The van der Waals surface area contributed by atoms with Crippen molar-refractivity contribution in [1.82, 2.24) is 15.5 Å². The normalized spacial score (nSPS) is 25.3. The van der Waals surface area contributed by atoms with E-state index in [-0.39, 0.29) is 11.9 Å². The number of hydrogen-bond donors (Lipinski definition) is 2. The summed E-state index contributed by atoms with van der Waals surface area (Å²) in [6.07, 6.45) is 0.905. The molecule has 5 nitrogen and oxygen atoms in total. The van der Waals surface area contributed by atoms with Crippen LogP contribution in [-0.4, -0.2) is 42.0 Å². The smallest absolute Gasteiger partial charge is 0.324 e. The van der Waals surface area contributed by atoms with Gasteiger partial charge in [0.15, 0.2) is 0 Å². The Kier molecular flexibility index (Phi) is 2.42. The number of amides is 3. The summed E-state index contributed by atoms with van der Waals surface area (Å²) in [7, 11) is 0. The van der Waals surface area contributed by atoms with E-state index >= 15 is 0 Å². The van der Waals surface area contributed by atoms with Gasteiger partial charge in [-0.3, -0.25) is 9.69 Å². The van der Waals surface area contributed by atoms with Gasteiger partial charge in [-0.1, -0.05) is 0 Å². The van der Waals surface area contributed by atoms with Gasteiger partial charge >= 0.3 is 6.03 Å². The van der Waals surface area contributed by atoms with Crippen molar-refractivity contribution in [3.63, 3.8) is 0 Å². The van der Waals surface area contributed by atoms with E-state index in [1.54, 1.807) is 13.8 Å². The zero-order valence-electron chi connectivity index (χ0n) is 9.17. The van der Waals surface area contributed by atoms with Crippen molar-refractivity contribution >= 4 is 11.9 Å². The topological polar surface area (TPSA) is 61.4 Å². The minimum Gasteiger partial charge on any atom is -0.324 e. The van der Waals surface area contributed by atoms with Gasteiger partial charge in [0.25, 0.3) is 5.91 Å². The first-order chi connectivity index (χ1) is 7.00. The molecule has 0 atom stereocenters. The van der Waals surface area contributed by atoms with E-state index in [9.17, 15) is 9.59 Å². The SMILES string of the molecule is CC1(C)NC(=O)N(CCC2CNC2)C1=O. The highest BCUT2D eigenvalue weighted by molar-refractivity contribution is 6.06. The lowest BCUT2D eigenvalue weighted by Gasteiger charge is -2.28. The molecule has 0 aliphatic carbocycles. The highest BCUT2D eigenvalue weighted by Crippen LogP contribution is 2.18. The Balaban J connectivity index is 1.91. The van der Waals surface area contributed by atoms with E-state index in [2.05, 4.69) is 10.6 Å². The summed E-state index contributed by atoms with van der Waals surface area (Å²) in [4.78, 5) is 24.6. The van der Waals surface area contributed by atoms with E-state index in [1.807, 2.05) is 0 Å². The van der Waals surface area contributed by atoms with Crippen molar-refractivity contribution < 1.29 is 9.59 Å². The summed E-state index contributed by atoms with van der Waals surface area (Å²) < 4.78 is 0. The number of nitrogens with one attached hydrogen (secondary N) is 2. The maximum atomic E-state index is 11.8. The monoisotopic (exact) mass is 211 g/mol. The van der Waals surface area contributed by atoms with Gasteiger partial charge in [-0.15, -0.1) is 0 Å². The second kappa shape index (κ2) is 3.48. The Morgan fingerprint density at radius 3 is 2.47 bits per heavy atom. The number of rotatable bonds is 3. The van der Waals surface area contributed by atoms with Crippen LogP contribution in [-0.2, 0) is 4.79 Å². The van der Waals surface area contributed by atoms with Gasteiger partial charge in [0.1, 0.15) is 5.54 Å². The molecule has 2 rings (SSSR count). The Morgan fingerprint density at radius 1 is 1.40 bits per heavy atom. The average molecular weight is 211 g/mol. The Labute approximate surface area is 89.2 Å². The zero-order chi connectivity index (χ0) is 11.1. The first-order valence-corrected chi connectivity index (χ1v) is 5.35. The summed E-state index contributed by atoms with van der Waals surface area (Å²) in [5.41, 5.74) is -0.727. The van der Waals surface area contributed by atoms with Gasteiger partial charge in [-0.25, -0.2) is 4.79 Å². The summed E-state index contributed by atoms with van der Waals surface area (Å²) in [6, 6.07) is -0.253. The molecule has 5 heteroatoms. The van der Waals surface area contributed by atoms with Crippen LogP contribution in [0.25, 0.3) is 0 Å². The molecule has 84 valence electrons. The molecule has 0 unspecified atom stereocenters. The fraction of sp³-hybridized carbons (Fsp3) is 0.800. The highest BCUT2D eigenvalue weighted by Gasteiger charge is 2.44. The van der Waals surface area contributed by atoms with E-state index in [0.29, 0.717) is 12.5 Å². The van der Waals surface area contributed by atoms with Crippen molar-refractivity contribution in [2.24, 2.45) is 5.92 Å².